The van der Waals surface area contributed by atoms with Gasteiger partial charge in [0.1, 0.15) is 6.17 Å². The molecule has 1 unspecified atom stereocenters. The predicted molar refractivity (Wildman–Crippen MR) is 84.7 cm³/mol. The van der Waals surface area contributed by atoms with Crippen LogP contribution < -0.4 is 0 Å². The van der Waals surface area contributed by atoms with Gasteiger partial charge in [-0.2, -0.15) is 0 Å². The van der Waals surface area contributed by atoms with E-state index in [2.05, 4.69) is 32.9 Å². The fourth-order valence-corrected chi connectivity index (χ4v) is 1.65. The standard InChI is InChI=1S/C18H21F/c1-7-12-15(13-8-2)18(14(6)9-3)16(10-4)17(19)11-5/h7-13,17H,1,3-6H2,2H3/b13-8-,15-12-,18-16+. The van der Waals surface area contributed by atoms with E-state index in [0.717, 1.165) is 5.57 Å². The molecule has 19 heavy (non-hydrogen) atoms. The Morgan fingerprint density at radius 1 is 1.11 bits per heavy atom. The van der Waals surface area contributed by atoms with E-state index in [4.69, 9.17) is 0 Å². The lowest BCUT2D eigenvalue weighted by molar-refractivity contribution is 0.455. The molecular weight excluding hydrogens is 235 g/mol. The zero-order valence-corrected chi connectivity index (χ0v) is 11.5. The van der Waals surface area contributed by atoms with Crippen molar-refractivity contribution in [2.45, 2.75) is 13.1 Å². The number of hydrogen-bond acceptors (Lipinski definition) is 0. The summed E-state index contributed by atoms with van der Waals surface area (Å²) < 4.78 is 14.0. The van der Waals surface area contributed by atoms with Crippen LogP contribution in [0.2, 0.25) is 0 Å². The minimum atomic E-state index is -1.30. The first-order valence-electron chi connectivity index (χ1n) is 5.98. The van der Waals surface area contributed by atoms with Crippen LogP contribution in [-0.4, -0.2) is 6.17 Å². The van der Waals surface area contributed by atoms with Crippen molar-refractivity contribution >= 4 is 0 Å². The molecule has 0 amide bonds. The van der Waals surface area contributed by atoms with Gasteiger partial charge in [0.25, 0.3) is 0 Å². The molecule has 0 rings (SSSR count). The molecule has 0 nitrogen and oxygen atoms in total. The van der Waals surface area contributed by atoms with Gasteiger partial charge in [-0.25, -0.2) is 4.39 Å². The van der Waals surface area contributed by atoms with Crippen LogP contribution in [0.15, 0.2) is 97.7 Å². The van der Waals surface area contributed by atoms with E-state index in [1.165, 1.54) is 12.2 Å². The highest BCUT2D eigenvalue weighted by molar-refractivity contribution is 5.60. The van der Waals surface area contributed by atoms with Crippen LogP contribution in [0.1, 0.15) is 6.92 Å². The molecule has 0 aromatic carbocycles. The first kappa shape index (κ1) is 16.9. The number of halogens is 1. The SMILES string of the molecule is C=C/C=C(/C=C\C)C(\C(=C)C=C)=C(/C=C)C(F)C=C. The van der Waals surface area contributed by atoms with Crippen LogP contribution in [0.3, 0.4) is 0 Å². The maximum Gasteiger partial charge on any atom is 0.144 e. The summed E-state index contributed by atoms with van der Waals surface area (Å²) in [6.45, 7) is 20.3. The van der Waals surface area contributed by atoms with Crippen molar-refractivity contribution in [2.75, 3.05) is 0 Å². The van der Waals surface area contributed by atoms with Crippen molar-refractivity contribution in [1.82, 2.24) is 0 Å². The molecule has 0 N–H and O–H groups in total. The van der Waals surface area contributed by atoms with Crippen LogP contribution in [0.4, 0.5) is 4.39 Å². The number of allylic oxidation sites excluding steroid dienone is 11. The molecule has 0 fully saturated rings. The summed E-state index contributed by atoms with van der Waals surface area (Å²) in [5.74, 6) is 0. The van der Waals surface area contributed by atoms with Gasteiger partial charge in [-0.15, -0.1) is 0 Å². The van der Waals surface area contributed by atoms with E-state index in [0.29, 0.717) is 16.7 Å². The number of rotatable bonds is 8. The quantitative estimate of drug-likeness (QED) is 0.401. The van der Waals surface area contributed by atoms with E-state index >= 15 is 0 Å². The van der Waals surface area contributed by atoms with Gasteiger partial charge in [0.05, 0.1) is 0 Å². The molecule has 0 heterocycles. The molecule has 0 aliphatic heterocycles. The van der Waals surface area contributed by atoms with Gasteiger partial charge in [0.2, 0.25) is 0 Å². The Balaban J connectivity index is 6.26. The van der Waals surface area contributed by atoms with Gasteiger partial charge < -0.3 is 0 Å². The van der Waals surface area contributed by atoms with Crippen molar-refractivity contribution in [3.8, 4) is 0 Å². The molecule has 0 saturated carbocycles. The Kier molecular flexibility index (Phi) is 7.87. The molecule has 1 atom stereocenters. The molecule has 0 bridgehead atoms. The fourth-order valence-electron chi connectivity index (χ4n) is 1.65. The van der Waals surface area contributed by atoms with Crippen LogP contribution in [0.25, 0.3) is 0 Å². The van der Waals surface area contributed by atoms with Gasteiger partial charge in [0, 0.05) is 0 Å². The molecule has 0 aliphatic carbocycles. The van der Waals surface area contributed by atoms with Gasteiger partial charge in [-0.3, -0.25) is 0 Å². The van der Waals surface area contributed by atoms with E-state index in [1.807, 2.05) is 19.1 Å². The fraction of sp³-hybridized carbons (Fsp3) is 0.111. The van der Waals surface area contributed by atoms with Crippen LogP contribution in [0.5, 0.6) is 0 Å². The molecule has 0 aromatic rings. The molecule has 0 radical (unpaired) electrons. The summed E-state index contributed by atoms with van der Waals surface area (Å²) in [6.07, 6.45) is 10.2. The summed E-state index contributed by atoms with van der Waals surface area (Å²) >= 11 is 0. The molecule has 0 aliphatic rings. The molecule has 1 heteroatoms. The third-order valence-electron chi connectivity index (χ3n) is 2.51. The van der Waals surface area contributed by atoms with Gasteiger partial charge in [-0.1, -0.05) is 75.4 Å². The predicted octanol–water partition coefficient (Wildman–Crippen LogP) is 5.42. The maximum absolute atomic E-state index is 14.0. The topological polar surface area (TPSA) is 0 Å². The van der Waals surface area contributed by atoms with E-state index in [-0.39, 0.29) is 0 Å². The second-order valence-corrected chi connectivity index (χ2v) is 3.76. The van der Waals surface area contributed by atoms with Gasteiger partial charge in [0.15, 0.2) is 0 Å². The lowest BCUT2D eigenvalue weighted by Crippen LogP contribution is -2.05. The van der Waals surface area contributed by atoms with Crippen LogP contribution >= 0.6 is 0 Å². The largest absolute Gasteiger partial charge is 0.238 e. The smallest absolute Gasteiger partial charge is 0.144 e. The van der Waals surface area contributed by atoms with Gasteiger partial charge in [-0.05, 0) is 29.2 Å². The molecule has 0 aromatic heterocycles. The first-order valence-corrected chi connectivity index (χ1v) is 5.98. The Bertz CT molecular complexity index is 470. The highest BCUT2D eigenvalue weighted by Gasteiger charge is 2.15. The minimum absolute atomic E-state index is 0.422. The third kappa shape index (κ3) is 4.55. The summed E-state index contributed by atoms with van der Waals surface area (Å²) in [5, 5.41) is 0. The van der Waals surface area contributed by atoms with Crippen molar-refractivity contribution < 1.29 is 4.39 Å². The Labute approximate surface area is 116 Å². The number of hydrogen-bond donors (Lipinski definition) is 0. The summed E-state index contributed by atoms with van der Waals surface area (Å²) in [4.78, 5) is 0. The van der Waals surface area contributed by atoms with Crippen molar-refractivity contribution in [1.29, 1.82) is 0 Å². The zero-order valence-electron chi connectivity index (χ0n) is 11.5. The third-order valence-corrected chi connectivity index (χ3v) is 2.51. The van der Waals surface area contributed by atoms with E-state index in [1.54, 1.807) is 18.2 Å². The normalized spacial score (nSPS) is 14.5. The van der Waals surface area contributed by atoms with Crippen molar-refractivity contribution in [2.24, 2.45) is 0 Å². The lowest BCUT2D eigenvalue weighted by Gasteiger charge is -2.16. The average molecular weight is 256 g/mol. The molecule has 0 spiro atoms. The second-order valence-electron chi connectivity index (χ2n) is 3.76. The minimum Gasteiger partial charge on any atom is -0.238 e. The summed E-state index contributed by atoms with van der Waals surface area (Å²) in [7, 11) is 0. The van der Waals surface area contributed by atoms with Crippen LogP contribution in [0, 0.1) is 0 Å². The summed E-state index contributed by atoms with van der Waals surface area (Å²) in [5.41, 5.74) is 2.52. The van der Waals surface area contributed by atoms with Crippen molar-refractivity contribution in [3.63, 3.8) is 0 Å². The Morgan fingerprint density at radius 2 is 1.74 bits per heavy atom. The number of alkyl halides is 1. The molecular formula is C18H21F. The van der Waals surface area contributed by atoms with E-state index in [9.17, 15) is 4.39 Å². The monoisotopic (exact) mass is 256 g/mol. The summed E-state index contributed by atoms with van der Waals surface area (Å²) in [6, 6.07) is 0. The Hall–Kier alpha value is -2.15. The maximum atomic E-state index is 14.0. The highest BCUT2D eigenvalue weighted by atomic mass is 19.1. The zero-order chi connectivity index (χ0) is 14.8. The van der Waals surface area contributed by atoms with Crippen LogP contribution in [-0.2, 0) is 0 Å². The Morgan fingerprint density at radius 3 is 2.11 bits per heavy atom. The average Bonchev–Trinajstić information content (AvgIpc) is 2.43. The lowest BCUT2D eigenvalue weighted by atomic mass is 9.90. The highest BCUT2D eigenvalue weighted by Crippen LogP contribution is 2.28. The van der Waals surface area contributed by atoms with Gasteiger partial charge >= 0.3 is 0 Å². The molecule has 0 saturated heterocycles. The first-order chi connectivity index (χ1) is 9.06. The molecule has 100 valence electrons. The van der Waals surface area contributed by atoms with Crippen molar-refractivity contribution in [3.05, 3.63) is 97.7 Å². The second kappa shape index (κ2) is 8.87. The van der Waals surface area contributed by atoms with E-state index < -0.39 is 6.17 Å².